The molecule has 4 nitrogen and oxygen atoms in total. The summed E-state index contributed by atoms with van der Waals surface area (Å²) in [5.41, 5.74) is 2.21. The van der Waals surface area contributed by atoms with Crippen LogP contribution < -0.4 is 0 Å². The number of allylic oxidation sites excluding steroid dienone is 2. The van der Waals surface area contributed by atoms with Gasteiger partial charge in [-0.25, -0.2) is 0 Å². The van der Waals surface area contributed by atoms with Crippen LogP contribution in [0.1, 0.15) is 53.4 Å². The monoisotopic (exact) mass is 308 g/mol. The molecule has 2 unspecified atom stereocenters. The van der Waals surface area contributed by atoms with Crippen LogP contribution in [-0.4, -0.2) is 25.2 Å². The Hall–Kier alpha value is -1.58. The van der Waals surface area contributed by atoms with E-state index in [-0.39, 0.29) is 37.0 Å². The summed E-state index contributed by atoms with van der Waals surface area (Å²) in [6.45, 7) is 8.37. The highest BCUT2D eigenvalue weighted by Crippen LogP contribution is 2.32. The fourth-order valence-electron chi connectivity index (χ4n) is 2.49. The molecule has 1 fully saturated rings. The molecular formula is C18H28O4. The number of rotatable bonds is 6. The Morgan fingerprint density at radius 2 is 1.18 bits per heavy atom. The molecule has 1 rings (SSSR count). The summed E-state index contributed by atoms with van der Waals surface area (Å²) in [6, 6.07) is 0. The molecule has 0 aromatic rings. The lowest BCUT2D eigenvalue weighted by molar-refractivity contribution is -0.161. The summed E-state index contributed by atoms with van der Waals surface area (Å²) in [5.74, 6) is -1.28. The van der Waals surface area contributed by atoms with Crippen LogP contribution in [0, 0.1) is 11.8 Å². The summed E-state index contributed by atoms with van der Waals surface area (Å²) < 4.78 is 10.6. The molecule has 2 atom stereocenters. The van der Waals surface area contributed by atoms with Gasteiger partial charge in [-0.2, -0.15) is 0 Å². The third-order valence-electron chi connectivity index (χ3n) is 3.81. The zero-order chi connectivity index (χ0) is 16.5. The predicted molar refractivity (Wildman–Crippen MR) is 86.2 cm³/mol. The van der Waals surface area contributed by atoms with Gasteiger partial charge in [0.15, 0.2) is 0 Å². The lowest BCUT2D eigenvalue weighted by atomic mass is 9.79. The fraction of sp³-hybridized carbons (Fsp3) is 0.667. The molecule has 4 heteroatoms. The molecule has 0 amide bonds. The van der Waals surface area contributed by atoms with Crippen LogP contribution in [0.5, 0.6) is 0 Å². The molecule has 0 radical (unpaired) electrons. The first-order valence-corrected chi connectivity index (χ1v) is 8.01. The molecule has 1 aliphatic rings. The molecule has 22 heavy (non-hydrogen) atoms. The highest BCUT2D eigenvalue weighted by molar-refractivity contribution is 5.82. The minimum absolute atomic E-state index is 0.275. The van der Waals surface area contributed by atoms with E-state index in [2.05, 4.69) is 0 Å². The van der Waals surface area contributed by atoms with Crippen LogP contribution in [0.3, 0.4) is 0 Å². The average Bonchev–Trinajstić information content (AvgIpc) is 2.46. The van der Waals surface area contributed by atoms with Crippen molar-refractivity contribution in [2.75, 3.05) is 13.2 Å². The van der Waals surface area contributed by atoms with E-state index in [1.807, 2.05) is 39.8 Å². The summed E-state index contributed by atoms with van der Waals surface area (Å²) in [5, 5.41) is 0. The Balaban J connectivity index is 2.58. The van der Waals surface area contributed by atoms with Crippen LogP contribution >= 0.6 is 0 Å². The Labute approximate surface area is 133 Å². The molecule has 0 aliphatic heterocycles. The third kappa shape index (κ3) is 6.46. The minimum Gasteiger partial charge on any atom is -0.461 e. The van der Waals surface area contributed by atoms with Crippen molar-refractivity contribution in [1.29, 1.82) is 0 Å². The van der Waals surface area contributed by atoms with Gasteiger partial charge in [-0.1, -0.05) is 24.0 Å². The highest BCUT2D eigenvalue weighted by atomic mass is 16.5. The van der Waals surface area contributed by atoms with Gasteiger partial charge in [-0.3, -0.25) is 9.59 Å². The first-order chi connectivity index (χ1) is 10.4. The maximum absolute atomic E-state index is 12.2. The number of hydrogen-bond donors (Lipinski definition) is 0. The van der Waals surface area contributed by atoms with Crippen molar-refractivity contribution in [1.82, 2.24) is 0 Å². The molecule has 0 heterocycles. The normalized spacial score (nSPS) is 20.7. The van der Waals surface area contributed by atoms with Crippen molar-refractivity contribution in [3.05, 3.63) is 23.3 Å². The Bertz CT molecular complexity index is 398. The van der Waals surface area contributed by atoms with E-state index in [4.69, 9.17) is 9.47 Å². The average molecular weight is 308 g/mol. The van der Waals surface area contributed by atoms with Crippen molar-refractivity contribution in [2.45, 2.75) is 53.4 Å². The van der Waals surface area contributed by atoms with Gasteiger partial charge >= 0.3 is 11.9 Å². The molecule has 0 N–H and O–H groups in total. The topological polar surface area (TPSA) is 52.6 Å². The first-order valence-electron chi connectivity index (χ1n) is 8.01. The smallest absolute Gasteiger partial charge is 0.310 e. The molecule has 0 spiro atoms. The van der Waals surface area contributed by atoms with Gasteiger partial charge in [0.05, 0.1) is 11.8 Å². The van der Waals surface area contributed by atoms with Gasteiger partial charge in [-0.15, -0.1) is 0 Å². The van der Waals surface area contributed by atoms with Gasteiger partial charge in [0.25, 0.3) is 0 Å². The maximum Gasteiger partial charge on any atom is 0.310 e. The lowest BCUT2D eigenvalue weighted by Gasteiger charge is -2.28. The highest BCUT2D eigenvalue weighted by Gasteiger charge is 2.37. The van der Waals surface area contributed by atoms with Crippen molar-refractivity contribution in [3.63, 3.8) is 0 Å². The van der Waals surface area contributed by atoms with Crippen molar-refractivity contribution < 1.29 is 19.1 Å². The van der Waals surface area contributed by atoms with Gasteiger partial charge in [-0.05, 0) is 52.7 Å². The summed E-state index contributed by atoms with van der Waals surface area (Å²) in [7, 11) is 0. The Morgan fingerprint density at radius 1 is 0.818 bits per heavy atom. The molecule has 124 valence electrons. The second-order valence-corrected chi connectivity index (χ2v) is 6.32. The molecule has 1 saturated carbocycles. The number of carbonyl (C=O) groups is 2. The van der Waals surface area contributed by atoms with Crippen LogP contribution in [0.4, 0.5) is 0 Å². The Kier molecular flexibility index (Phi) is 7.92. The van der Waals surface area contributed by atoms with Crippen molar-refractivity contribution >= 4 is 11.9 Å². The molecular weight excluding hydrogens is 280 g/mol. The second kappa shape index (κ2) is 9.44. The summed E-state index contributed by atoms with van der Waals surface area (Å²) in [4.78, 5) is 24.4. The molecule has 0 bridgehead atoms. The van der Waals surface area contributed by atoms with E-state index in [1.54, 1.807) is 0 Å². The second-order valence-electron chi connectivity index (χ2n) is 6.32. The number of hydrogen-bond acceptors (Lipinski definition) is 4. The van der Waals surface area contributed by atoms with Crippen LogP contribution in [0.15, 0.2) is 23.3 Å². The molecule has 1 aliphatic carbocycles. The lowest BCUT2D eigenvalue weighted by Crippen LogP contribution is -2.35. The van der Waals surface area contributed by atoms with Gasteiger partial charge in [0.2, 0.25) is 0 Å². The quantitative estimate of drug-likeness (QED) is 0.553. The molecule has 0 aromatic heterocycles. The largest absolute Gasteiger partial charge is 0.461 e. The van der Waals surface area contributed by atoms with E-state index < -0.39 is 0 Å². The van der Waals surface area contributed by atoms with Gasteiger partial charge < -0.3 is 9.47 Å². The maximum atomic E-state index is 12.2. The van der Waals surface area contributed by atoms with E-state index >= 15 is 0 Å². The van der Waals surface area contributed by atoms with Crippen LogP contribution in [0.25, 0.3) is 0 Å². The van der Waals surface area contributed by atoms with Crippen molar-refractivity contribution in [3.8, 4) is 0 Å². The van der Waals surface area contributed by atoms with Gasteiger partial charge in [0.1, 0.15) is 13.2 Å². The van der Waals surface area contributed by atoms with Crippen LogP contribution in [0.2, 0.25) is 0 Å². The molecule has 0 saturated heterocycles. The number of carbonyl (C=O) groups excluding carboxylic acids is 2. The SMILES string of the molecule is CC(C)=CCOC(=O)C1CCCCC1C(=O)OCC=C(C)C. The van der Waals surface area contributed by atoms with Crippen LogP contribution in [-0.2, 0) is 19.1 Å². The fourth-order valence-corrected chi connectivity index (χ4v) is 2.49. The van der Waals surface area contributed by atoms with Gasteiger partial charge in [0, 0.05) is 0 Å². The summed E-state index contributed by atoms with van der Waals surface area (Å²) in [6.07, 6.45) is 7.05. The zero-order valence-electron chi connectivity index (χ0n) is 14.2. The van der Waals surface area contributed by atoms with E-state index in [0.29, 0.717) is 12.8 Å². The minimum atomic E-state index is -0.362. The Morgan fingerprint density at radius 3 is 1.50 bits per heavy atom. The number of ether oxygens (including phenoxy) is 2. The standard InChI is InChI=1S/C18H28O4/c1-13(2)9-11-21-17(19)15-7-5-6-8-16(15)18(20)22-12-10-14(3)4/h9-10,15-16H,5-8,11-12H2,1-4H3. The van der Waals surface area contributed by atoms with Crippen molar-refractivity contribution in [2.24, 2.45) is 11.8 Å². The first kappa shape index (κ1) is 18.5. The zero-order valence-corrected chi connectivity index (χ0v) is 14.2. The van der Waals surface area contributed by atoms with E-state index in [9.17, 15) is 9.59 Å². The third-order valence-corrected chi connectivity index (χ3v) is 3.81. The summed E-state index contributed by atoms with van der Waals surface area (Å²) >= 11 is 0. The predicted octanol–water partition coefficient (Wildman–Crippen LogP) is 3.81. The number of esters is 2. The van der Waals surface area contributed by atoms with E-state index in [0.717, 1.165) is 24.0 Å². The molecule has 0 aromatic carbocycles. The van der Waals surface area contributed by atoms with E-state index in [1.165, 1.54) is 0 Å².